The molecule has 4 nitrogen and oxygen atoms in total. The number of methoxy groups -OCH3 is 1. The van der Waals surface area contributed by atoms with Gasteiger partial charge in [0, 0.05) is 13.7 Å². The molecule has 2 fully saturated rings. The quantitative estimate of drug-likeness (QED) is 0.312. The van der Waals surface area contributed by atoms with E-state index in [1.54, 1.807) is 0 Å². The molecule has 0 spiro atoms. The zero-order valence-electron chi connectivity index (χ0n) is 22.1. The van der Waals surface area contributed by atoms with Gasteiger partial charge < -0.3 is 9.47 Å². The molecule has 1 heterocycles. The lowest BCUT2D eigenvalue weighted by Gasteiger charge is -2.32. The number of hydrogen-bond donors (Lipinski definition) is 0. The third-order valence-electron chi connectivity index (χ3n) is 7.78. The van der Waals surface area contributed by atoms with E-state index in [9.17, 15) is 44.3 Å². The highest BCUT2D eigenvalue weighted by molar-refractivity contribution is 5.71. The third-order valence-corrected chi connectivity index (χ3v) is 7.78. The average molecular weight is 598 g/mol. The van der Waals surface area contributed by atoms with Gasteiger partial charge in [0.15, 0.2) is 0 Å². The first kappa shape index (κ1) is 31.0. The first-order valence-electron chi connectivity index (χ1n) is 13.0. The molecular formula is C28H28F9NO3. The molecule has 0 aromatic heterocycles. The first-order valence-corrected chi connectivity index (χ1v) is 13.0. The Kier molecular flexibility index (Phi) is 8.60. The number of alkyl halides is 9. The standard InChI is InChI=1S/C28H28F9NO3/c1-15-23(17-10-20(27(32,33)34)13-21(11-17)28(35,36)37)41-25(39)38(15)14-18-12-19(26(29,30)31)8-9-22(18)24(40-2)16-6-4-3-5-7-16/h8-13,15-16,23-24H,3-7,14H2,1-2H3/t15-,23?,24?/m0/s1. The minimum Gasteiger partial charge on any atom is -0.439 e. The minimum atomic E-state index is -5.11. The van der Waals surface area contributed by atoms with Crippen molar-refractivity contribution >= 4 is 6.09 Å². The number of carbonyl (C=O) groups is 1. The van der Waals surface area contributed by atoms with Crippen LogP contribution in [0.15, 0.2) is 36.4 Å². The summed E-state index contributed by atoms with van der Waals surface area (Å²) in [5, 5.41) is 0. The van der Waals surface area contributed by atoms with Crippen LogP contribution in [0, 0.1) is 5.92 Å². The summed E-state index contributed by atoms with van der Waals surface area (Å²) in [5.41, 5.74) is -4.12. The lowest BCUT2D eigenvalue weighted by molar-refractivity contribution is -0.143. The van der Waals surface area contributed by atoms with Crippen molar-refractivity contribution in [3.8, 4) is 0 Å². The molecule has 3 atom stereocenters. The second-order valence-electron chi connectivity index (χ2n) is 10.5. The Morgan fingerprint density at radius 2 is 1.41 bits per heavy atom. The van der Waals surface area contributed by atoms with Crippen LogP contribution in [0.1, 0.15) is 84.6 Å². The van der Waals surface area contributed by atoms with Crippen LogP contribution in [0.5, 0.6) is 0 Å². The lowest BCUT2D eigenvalue weighted by atomic mass is 9.81. The third kappa shape index (κ3) is 6.76. The monoisotopic (exact) mass is 597 g/mol. The van der Waals surface area contributed by atoms with Gasteiger partial charge in [0.25, 0.3) is 0 Å². The van der Waals surface area contributed by atoms with Gasteiger partial charge >= 0.3 is 24.6 Å². The molecule has 41 heavy (non-hydrogen) atoms. The lowest BCUT2D eigenvalue weighted by Crippen LogP contribution is -2.32. The van der Waals surface area contributed by atoms with Gasteiger partial charge in [0.05, 0.1) is 28.8 Å². The molecule has 4 rings (SSSR count). The van der Waals surface area contributed by atoms with Crippen LogP contribution in [0.3, 0.4) is 0 Å². The second-order valence-corrected chi connectivity index (χ2v) is 10.5. The van der Waals surface area contributed by atoms with Gasteiger partial charge in [-0.3, -0.25) is 4.90 Å². The second kappa shape index (κ2) is 11.4. The number of nitrogens with zero attached hydrogens (tertiary/aromatic N) is 1. The van der Waals surface area contributed by atoms with Gasteiger partial charge in [-0.25, -0.2) is 4.79 Å². The van der Waals surface area contributed by atoms with Crippen molar-refractivity contribution in [3.05, 3.63) is 69.8 Å². The Morgan fingerprint density at radius 3 is 1.93 bits per heavy atom. The average Bonchev–Trinajstić information content (AvgIpc) is 3.17. The molecule has 13 heteroatoms. The van der Waals surface area contributed by atoms with Crippen molar-refractivity contribution in [2.45, 2.75) is 82.4 Å². The molecule has 226 valence electrons. The van der Waals surface area contributed by atoms with E-state index in [-0.39, 0.29) is 17.5 Å². The van der Waals surface area contributed by atoms with Gasteiger partial charge in [0.1, 0.15) is 6.10 Å². The van der Waals surface area contributed by atoms with E-state index in [1.165, 1.54) is 20.1 Å². The fourth-order valence-electron chi connectivity index (χ4n) is 5.69. The van der Waals surface area contributed by atoms with Crippen molar-refractivity contribution in [2.24, 2.45) is 5.92 Å². The molecule has 1 saturated carbocycles. The fraction of sp³-hybridized carbons (Fsp3) is 0.536. The summed E-state index contributed by atoms with van der Waals surface area (Å²) in [6, 6.07) is 2.93. The summed E-state index contributed by atoms with van der Waals surface area (Å²) in [7, 11) is 1.44. The van der Waals surface area contributed by atoms with Crippen molar-refractivity contribution in [3.63, 3.8) is 0 Å². The predicted molar refractivity (Wildman–Crippen MR) is 128 cm³/mol. The molecule has 1 saturated heterocycles. The summed E-state index contributed by atoms with van der Waals surface area (Å²) in [6.45, 7) is 0.929. The molecule has 2 unspecified atom stereocenters. The van der Waals surface area contributed by atoms with E-state index in [2.05, 4.69) is 0 Å². The number of carbonyl (C=O) groups excluding carboxylic acids is 1. The van der Waals surface area contributed by atoms with Crippen molar-refractivity contribution in [1.82, 2.24) is 4.90 Å². The Balaban J connectivity index is 1.71. The molecule has 1 amide bonds. The first-order chi connectivity index (χ1) is 19.0. The molecule has 0 bridgehead atoms. The zero-order chi connectivity index (χ0) is 30.3. The van der Waals surface area contributed by atoms with E-state index in [4.69, 9.17) is 9.47 Å². The number of amides is 1. The number of hydrogen-bond acceptors (Lipinski definition) is 3. The number of benzene rings is 2. The maximum absolute atomic E-state index is 13.6. The van der Waals surface area contributed by atoms with Gasteiger partial charge in [-0.15, -0.1) is 0 Å². The zero-order valence-corrected chi connectivity index (χ0v) is 22.1. The van der Waals surface area contributed by atoms with Gasteiger partial charge in [-0.05, 0) is 72.7 Å². The molecule has 0 N–H and O–H groups in total. The minimum absolute atomic E-state index is 0.0193. The Bertz CT molecular complexity index is 1220. The summed E-state index contributed by atoms with van der Waals surface area (Å²) in [6.07, 6.45) is -13.6. The smallest absolute Gasteiger partial charge is 0.416 e. The molecule has 2 aromatic carbocycles. The molecule has 0 radical (unpaired) electrons. The van der Waals surface area contributed by atoms with Crippen LogP contribution in [-0.4, -0.2) is 24.1 Å². The Morgan fingerprint density at radius 1 is 0.854 bits per heavy atom. The van der Waals surface area contributed by atoms with Crippen molar-refractivity contribution < 1.29 is 53.8 Å². The highest BCUT2D eigenvalue weighted by Crippen LogP contribution is 2.43. The van der Waals surface area contributed by atoms with E-state index in [0.29, 0.717) is 17.7 Å². The van der Waals surface area contributed by atoms with E-state index >= 15 is 0 Å². The van der Waals surface area contributed by atoms with Gasteiger partial charge in [-0.1, -0.05) is 25.3 Å². The summed E-state index contributed by atoms with van der Waals surface area (Å²) in [5.74, 6) is 0.0193. The maximum atomic E-state index is 13.6. The summed E-state index contributed by atoms with van der Waals surface area (Å²) < 4.78 is 132. The maximum Gasteiger partial charge on any atom is 0.416 e. The van der Waals surface area contributed by atoms with E-state index in [0.717, 1.165) is 49.1 Å². The van der Waals surface area contributed by atoms with Crippen molar-refractivity contribution in [2.75, 3.05) is 7.11 Å². The Hall–Kier alpha value is -2.96. The summed E-state index contributed by atoms with van der Waals surface area (Å²) in [4.78, 5) is 13.9. The van der Waals surface area contributed by atoms with Crippen molar-refractivity contribution in [1.29, 1.82) is 0 Å². The normalized spacial score (nSPS) is 21.7. The summed E-state index contributed by atoms with van der Waals surface area (Å²) >= 11 is 0. The van der Waals surface area contributed by atoms with E-state index < -0.39 is 71.7 Å². The van der Waals surface area contributed by atoms with Crippen LogP contribution < -0.4 is 0 Å². The highest BCUT2D eigenvalue weighted by atomic mass is 19.4. The number of ether oxygens (including phenoxy) is 2. The number of halogens is 9. The predicted octanol–water partition coefficient (Wildman–Crippen LogP) is 9.09. The highest BCUT2D eigenvalue weighted by Gasteiger charge is 2.44. The molecule has 2 aromatic rings. The van der Waals surface area contributed by atoms with Gasteiger partial charge in [0.2, 0.25) is 0 Å². The molecule has 1 aliphatic heterocycles. The Labute approximate surface area is 230 Å². The van der Waals surface area contributed by atoms with Gasteiger partial charge in [-0.2, -0.15) is 39.5 Å². The van der Waals surface area contributed by atoms with Crippen LogP contribution >= 0.6 is 0 Å². The van der Waals surface area contributed by atoms with Crippen LogP contribution in [0.25, 0.3) is 0 Å². The van der Waals surface area contributed by atoms with E-state index in [1.807, 2.05) is 0 Å². The fourth-order valence-corrected chi connectivity index (χ4v) is 5.69. The number of rotatable bonds is 6. The molecule has 1 aliphatic carbocycles. The molecular weight excluding hydrogens is 569 g/mol. The molecule has 2 aliphatic rings. The topological polar surface area (TPSA) is 38.8 Å². The van der Waals surface area contributed by atoms with Crippen LogP contribution in [0.2, 0.25) is 0 Å². The van der Waals surface area contributed by atoms with Crippen LogP contribution in [-0.2, 0) is 34.5 Å². The number of cyclic esters (lactones) is 1. The largest absolute Gasteiger partial charge is 0.439 e. The SMILES string of the molecule is COC(c1ccc(C(F)(F)F)cc1CN1C(=O)OC(c2cc(C(F)(F)F)cc(C(F)(F)F)c2)[C@@H]1C)C1CCCCC1. The van der Waals surface area contributed by atoms with Crippen LogP contribution in [0.4, 0.5) is 44.3 Å².